The molecule has 0 bridgehead atoms. The SMILES string of the molecule is CCCCCCSC1=CC(=O)CC(CCCC)NC1=O.CCCCCCS[C@]12C(=O)NC(=O)[C@H]1C[C@@H]2CCCC. The van der Waals surface area contributed by atoms with Crippen LogP contribution in [0.3, 0.4) is 0 Å². The van der Waals surface area contributed by atoms with E-state index >= 15 is 0 Å². The predicted octanol–water partition coefficient (Wildman–Crippen LogP) is 7.35. The molecule has 0 aromatic carbocycles. The van der Waals surface area contributed by atoms with E-state index in [1.54, 1.807) is 17.8 Å². The maximum Gasteiger partial charge on any atom is 0.258 e. The number of hydrogen-bond donors (Lipinski definition) is 2. The van der Waals surface area contributed by atoms with Gasteiger partial charge in [0.15, 0.2) is 5.78 Å². The topological polar surface area (TPSA) is 92.3 Å². The zero-order chi connectivity index (χ0) is 29.4. The van der Waals surface area contributed by atoms with Crippen molar-refractivity contribution in [3.05, 3.63) is 11.0 Å². The minimum atomic E-state index is -0.404. The summed E-state index contributed by atoms with van der Waals surface area (Å²) in [5, 5.41) is 5.58. The Bertz CT molecular complexity index is 862. The van der Waals surface area contributed by atoms with Crippen LogP contribution in [0, 0.1) is 11.8 Å². The van der Waals surface area contributed by atoms with Crippen LogP contribution in [0.5, 0.6) is 0 Å². The average molecular weight is 595 g/mol. The number of thioether (sulfide) groups is 2. The molecule has 4 atom stereocenters. The van der Waals surface area contributed by atoms with Crippen molar-refractivity contribution in [3.8, 4) is 0 Å². The van der Waals surface area contributed by atoms with Crippen molar-refractivity contribution < 1.29 is 19.2 Å². The molecule has 1 aliphatic carbocycles. The summed E-state index contributed by atoms with van der Waals surface area (Å²) in [6.45, 7) is 8.69. The average Bonchev–Trinajstić information content (AvgIpc) is 3.00. The van der Waals surface area contributed by atoms with Gasteiger partial charge in [0.25, 0.3) is 5.91 Å². The Morgan fingerprint density at radius 1 is 0.800 bits per heavy atom. The maximum atomic E-state index is 12.3. The number of allylic oxidation sites excluding steroid dienone is 1. The first-order valence-corrected chi connectivity index (χ1v) is 18.0. The molecule has 1 unspecified atom stereocenters. The molecule has 3 aliphatic rings. The van der Waals surface area contributed by atoms with Crippen molar-refractivity contribution in [1.82, 2.24) is 10.6 Å². The smallest absolute Gasteiger partial charge is 0.258 e. The van der Waals surface area contributed by atoms with E-state index in [1.165, 1.54) is 50.3 Å². The minimum absolute atomic E-state index is 0.000319. The summed E-state index contributed by atoms with van der Waals surface area (Å²) >= 11 is 3.30. The van der Waals surface area contributed by atoms with Crippen LogP contribution in [0.25, 0.3) is 0 Å². The molecule has 2 fully saturated rings. The number of carbonyl (C=O) groups excluding carboxylic acids is 4. The summed E-state index contributed by atoms with van der Waals surface area (Å²) in [6.07, 6.45) is 19.0. The van der Waals surface area contributed by atoms with E-state index in [0.29, 0.717) is 17.2 Å². The van der Waals surface area contributed by atoms with Crippen molar-refractivity contribution in [3.63, 3.8) is 0 Å². The molecule has 228 valence electrons. The highest BCUT2D eigenvalue weighted by molar-refractivity contribution is 8.04. The zero-order valence-electron chi connectivity index (χ0n) is 25.5. The Labute approximate surface area is 251 Å². The van der Waals surface area contributed by atoms with E-state index in [2.05, 4.69) is 38.3 Å². The van der Waals surface area contributed by atoms with Crippen molar-refractivity contribution in [2.24, 2.45) is 11.8 Å². The highest BCUT2D eigenvalue weighted by Gasteiger charge is 2.66. The Morgan fingerprint density at radius 2 is 1.43 bits per heavy atom. The number of fused-ring (bicyclic) bond motifs is 1. The Balaban J connectivity index is 0.000000280. The van der Waals surface area contributed by atoms with Gasteiger partial charge in [-0.3, -0.25) is 24.5 Å². The molecule has 1 saturated carbocycles. The lowest BCUT2D eigenvalue weighted by Gasteiger charge is -2.48. The monoisotopic (exact) mass is 594 g/mol. The summed E-state index contributed by atoms with van der Waals surface area (Å²) in [7, 11) is 0. The molecule has 0 aromatic heterocycles. The lowest BCUT2D eigenvalue weighted by molar-refractivity contribution is -0.126. The first-order valence-electron chi connectivity index (χ1n) is 16.0. The molecule has 2 heterocycles. The van der Waals surface area contributed by atoms with Gasteiger partial charge in [-0.1, -0.05) is 91.9 Å². The van der Waals surface area contributed by atoms with Crippen molar-refractivity contribution in [1.29, 1.82) is 0 Å². The number of imide groups is 1. The third-order valence-electron chi connectivity index (χ3n) is 8.26. The molecule has 1 saturated heterocycles. The van der Waals surface area contributed by atoms with E-state index in [-0.39, 0.29) is 35.5 Å². The fourth-order valence-corrected chi connectivity index (χ4v) is 8.50. The van der Waals surface area contributed by atoms with Crippen LogP contribution in [0.1, 0.15) is 130 Å². The standard InChI is InChI=1S/2C16H27NO2S/c1-3-5-7-8-10-20-16-12(9-6-4-2)11-13(16)14(18)17-15(16)19;1-3-5-7-8-10-20-15-12-14(18)11-13(9-6-4-2)17-16(15)19/h12-13H,3-11H2,1-2H3,(H,17,18,19);12-13H,3-11H2,1-2H3,(H,17,19)/t12-,13+,16-;/m0./s1. The van der Waals surface area contributed by atoms with E-state index in [1.807, 2.05) is 0 Å². The molecule has 40 heavy (non-hydrogen) atoms. The van der Waals surface area contributed by atoms with Crippen molar-refractivity contribution >= 4 is 47.0 Å². The van der Waals surface area contributed by atoms with Crippen LogP contribution >= 0.6 is 23.5 Å². The first-order chi connectivity index (χ1) is 19.3. The molecule has 2 N–H and O–H groups in total. The van der Waals surface area contributed by atoms with Gasteiger partial charge in [-0.15, -0.1) is 23.5 Å². The fraction of sp³-hybridized carbons (Fsp3) is 0.812. The van der Waals surface area contributed by atoms with Gasteiger partial charge in [-0.25, -0.2) is 0 Å². The van der Waals surface area contributed by atoms with Gasteiger partial charge >= 0.3 is 0 Å². The molecule has 0 aromatic rings. The third-order valence-corrected chi connectivity index (χ3v) is 11.1. The third kappa shape index (κ3) is 10.2. The molecular formula is C32H54N2O4S2. The second-order valence-corrected chi connectivity index (χ2v) is 14.1. The maximum absolute atomic E-state index is 12.3. The summed E-state index contributed by atoms with van der Waals surface area (Å²) in [4.78, 5) is 48.7. The number of amides is 3. The highest BCUT2D eigenvalue weighted by atomic mass is 32.2. The number of rotatable bonds is 18. The largest absolute Gasteiger partial charge is 0.348 e. The quantitative estimate of drug-likeness (QED) is 0.127. The van der Waals surface area contributed by atoms with E-state index in [4.69, 9.17) is 0 Å². The number of unbranched alkanes of at least 4 members (excludes halogenated alkanes) is 8. The fourth-order valence-electron chi connectivity index (χ4n) is 5.80. The van der Waals surface area contributed by atoms with Crippen LogP contribution in [0.2, 0.25) is 0 Å². The highest BCUT2D eigenvalue weighted by Crippen LogP contribution is 2.58. The number of hydrogen-bond acceptors (Lipinski definition) is 6. The van der Waals surface area contributed by atoms with Crippen LogP contribution in [-0.2, 0) is 19.2 Å². The predicted molar refractivity (Wildman–Crippen MR) is 169 cm³/mol. The lowest BCUT2D eigenvalue weighted by atomic mass is 9.63. The molecule has 2 aliphatic heterocycles. The summed E-state index contributed by atoms with van der Waals surface area (Å²) in [5.41, 5.74) is 0. The molecule has 3 rings (SSSR count). The summed E-state index contributed by atoms with van der Waals surface area (Å²) in [5.74, 6) is 2.30. The molecule has 6 nitrogen and oxygen atoms in total. The van der Waals surface area contributed by atoms with Crippen LogP contribution in [-0.4, -0.2) is 45.8 Å². The van der Waals surface area contributed by atoms with Gasteiger partial charge in [-0.2, -0.15) is 0 Å². The second-order valence-electron chi connectivity index (χ2n) is 11.5. The molecule has 0 radical (unpaired) electrons. The van der Waals surface area contributed by atoms with Crippen LogP contribution in [0.4, 0.5) is 0 Å². The number of nitrogens with one attached hydrogen (secondary N) is 2. The van der Waals surface area contributed by atoms with E-state index in [0.717, 1.165) is 69.3 Å². The second kappa shape index (κ2) is 19.0. The first kappa shape index (κ1) is 34.9. The zero-order valence-corrected chi connectivity index (χ0v) is 27.1. The van der Waals surface area contributed by atoms with Gasteiger partial charge in [-0.05, 0) is 49.5 Å². The lowest BCUT2D eigenvalue weighted by Crippen LogP contribution is -2.56. The normalized spacial score (nSPS) is 25.7. The number of ketones is 1. The van der Waals surface area contributed by atoms with E-state index < -0.39 is 4.75 Å². The minimum Gasteiger partial charge on any atom is -0.348 e. The molecule has 8 heteroatoms. The van der Waals surface area contributed by atoms with Crippen molar-refractivity contribution in [2.75, 3.05) is 11.5 Å². The van der Waals surface area contributed by atoms with Gasteiger partial charge in [0.1, 0.15) is 4.75 Å². The van der Waals surface area contributed by atoms with Gasteiger partial charge in [0.2, 0.25) is 11.8 Å². The molecular weight excluding hydrogens is 540 g/mol. The molecule has 3 amide bonds. The van der Waals surface area contributed by atoms with Crippen LogP contribution in [0.15, 0.2) is 11.0 Å². The van der Waals surface area contributed by atoms with Gasteiger partial charge < -0.3 is 5.32 Å². The van der Waals surface area contributed by atoms with Crippen LogP contribution < -0.4 is 10.6 Å². The van der Waals surface area contributed by atoms with Crippen molar-refractivity contribution in [2.45, 2.75) is 141 Å². The summed E-state index contributed by atoms with van der Waals surface area (Å²) in [6, 6.07) is 0.0180. The van der Waals surface area contributed by atoms with Gasteiger partial charge in [0, 0.05) is 18.5 Å². The molecule has 0 spiro atoms. The summed E-state index contributed by atoms with van der Waals surface area (Å²) < 4.78 is -0.404. The van der Waals surface area contributed by atoms with E-state index in [9.17, 15) is 19.2 Å². The van der Waals surface area contributed by atoms with Gasteiger partial charge in [0.05, 0.1) is 10.8 Å². The Hall–Kier alpha value is -1.28. The Kier molecular flexibility index (Phi) is 16.6. The number of carbonyl (C=O) groups is 4. The Morgan fingerprint density at radius 3 is 2.05 bits per heavy atom.